The first-order valence-electron chi connectivity index (χ1n) is 26.4. The normalized spacial score (nSPS) is 19.2. The fraction of sp³-hybridized carbons (Fsp3) is 0.404. The Bertz CT molecular complexity index is 3410. The maximum Gasteiger partial charge on any atom is 0.319 e. The van der Waals surface area contributed by atoms with Crippen LogP contribution in [0.4, 0.5) is 10.2 Å². The zero-order valence-electron chi connectivity index (χ0n) is 45.2. The molecule has 8 N–H and O–H groups in total. The van der Waals surface area contributed by atoms with Gasteiger partial charge in [0, 0.05) is 68.7 Å². The number of hydrogen-bond acceptors (Lipinski definition) is 17. The quantitative estimate of drug-likeness (QED) is 0.0385. The number of amides is 2. The molecule has 7 aromatic rings. The highest BCUT2D eigenvalue weighted by Gasteiger charge is 2.50. The number of methoxy groups -OCH3 is 1. The number of likely N-dealkylation sites (tertiary alicyclic amines) is 1. The number of ether oxygens (including phenoxy) is 4. The van der Waals surface area contributed by atoms with Crippen molar-refractivity contribution in [1.29, 1.82) is 0 Å². The summed E-state index contributed by atoms with van der Waals surface area (Å²) in [5, 5.41) is 23.6. The number of piperazine rings is 1. The number of thiazole rings is 1. The van der Waals surface area contributed by atoms with Crippen molar-refractivity contribution >= 4 is 68.1 Å². The van der Waals surface area contributed by atoms with E-state index < -0.39 is 24.0 Å². The number of H-pyrrole nitrogens is 1. The molecule has 0 aliphatic carbocycles. The molecule has 2 bridgehead atoms. The van der Waals surface area contributed by atoms with Crippen molar-refractivity contribution in [2.45, 2.75) is 103 Å². The van der Waals surface area contributed by atoms with E-state index in [0.29, 0.717) is 100 Å². The molecule has 22 heteroatoms. The third-order valence-corrected chi connectivity index (χ3v) is 16.6. The Morgan fingerprint density at radius 1 is 1.09 bits per heavy atom. The molecule has 4 aromatic carbocycles. The highest BCUT2D eigenvalue weighted by atomic mass is 35.5. The molecule has 19 nitrogen and oxygen atoms in total. The van der Waals surface area contributed by atoms with Gasteiger partial charge in [0.1, 0.15) is 48.6 Å². The average Bonchev–Trinajstić information content (AvgIpc) is 4.44. The predicted molar refractivity (Wildman–Crippen MR) is 303 cm³/mol. The van der Waals surface area contributed by atoms with E-state index in [4.69, 9.17) is 57.2 Å². The first kappa shape index (κ1) is 55.2. The van der Waals surface area contributed by atoms with E-state index >= 15 is 4.39 Å². The Morgan fingerprint density at radius 2 is 1.85 bits per heavy atom. The third kappa shape index (κ3) is 10.6. The second kappa shape index (κ2) is 23.3. The second-order valence-electron chi connectivity index (χ2n) is 20.7. The Hall–Kier alpha value is -7.14. The minimum absolute atomic E-state index is 0.0268. The summed E-state index contributed by atoms with van der Waals surface area (Å²) >= 11 is 9.18. The topological polar surface area (TPSA) is 244 Å². The number of fused-ring (bicyclic) bond motifs is 7. The number of nitrogens with two attached hydrogens (primary N) is 2. The van der Waals surface area contributed by atoms with Gasteiger partial charge in [-0.05, 0) is 79.8 Å². The smallest absolute Gasteiger partial charge is 0.319 e. The van der Waals surface area contributed by atoms with Crippen molar-refractivity contribution in [2.24, 2.45) is 17.5 Å². The van der Waals surface area contributed by atoms with Gasteiger partial charge in [0.2, 0.25) is 11.8 Å². The maximum atomic E-state index is 16.0. The Labute approximate surface area is 466 Å². The van der Waals surface area contributed by atoms with E-state index in [1.807, 2.05) is 81.7 Å². The van der Waals surface area contributed by atoms with Gasteiger partial charge >= 0.3 is 6.01 Å². The van der Waals surface area contributed by atoms with Crippen LogP contribution in [0.15, 0.2) is 72.5 Å². The Morgan fingerprint density at radius 3 is 2.57 bits per heavy atom. The summed E-state index contributed by atoms with van der Waals surface area (Å²) in [4.78, 5) is 47.6. The van der Waals surface area contributed by atoms with E-state index in [1.165, 1.54) is 11.1 Å². The molecule has 6 unspecified atom stereocenters. The predicted octanol–water partition coefficient (Wildman–Crippen LogP) is 7.38. The first-order valence-corrected chi connectivity index (χ1v) is 27.7. The molecule has 416 valence electrons. The zero-order chi connectivity index (χ0) is 55.8. The zero-order valence-corrected chi connectivity index (χ0v) is 46.8. The summed E-state index contributed by atoms with van der Waals surface area (Å²) in [7, 11) is 2.60. The summed E-state index contributed by atoms with van der Waals surface area (Å²) in [6, 6.07) is 15.9. The summed E-state index contributed by atoms with van der Waals surface area (Å²) in [6.07, 6.45) is 4.95. The molecule has 0 radical (unpaired) electrons. The maximum absolute atomic E-state index is 16.0. The molecular formula is C57H66ClFN12O7S. The number of aryl methyl sites for hydroxylation is 1. The minimum Gasteiger partial charge on any atom is -0.489 e. The minimum atomic E-state index is -0.804. The lowest BCUT2D eigenvalue weighted by Gasteiger charge is -2.35. The second-order valence-corrected chi connectivity index (χ2v) is 22.0. The van der Waals surface area contributed by atoms with Crippen LogP contribution in [0.5, 0.6) is 17.5 Å². The van der Waals surface area contributed by atoms with Crippen LogP contribution < -0.4 is 41.3 Å². The molecule has 3 fully saturated rings. The molecule has 11 rings (SSSR count). The van der Waals surface area contributed by atoms with Crippen LogP contribution in [0.25, 0.3) is 49.1 Å². The van der Waals surface area contributed by atoms with Crippen LogP contribution in [0.3, 0.4) is 0 Å². The summed E-state index contributed by atoms with van der Waals surface area (Å²) in [6.45, 7) is 11.6. The first-order chi connectivity index (χ1) is 38.2. The number of rotatable bonds is 17. The number of carbonyl (C=O) groups excluding carboxylic acids is 2. The Balaban J connectivity index is 0.00000348. The number of anilines is 1. The third-order valence-electron chi connectivity index (χ3n) is 15.3. The molecule has 7 heterocycles. The van der Waals surface area contributed by atoms with E-state index in [-0.39, 0.29) is 59.2 Å². The molecule has 4 aliphatic rings. The van der Waals surface area contributed by atoms with E-state index in [0.717, 1.165) is 47.3 Å². The number of aliphatic hydroxyl groups is 1. The van der Waals surface area contributed by atoms with Gasteiger partial charge in [-0.1, -0.05) is 74.0 Å². The lowest BCUT2D eigenvalue weighted by Crippen LogP contribution is -2.55. The summed E-state index contributed by atoms with van der Waals surface area (Å²) < 4.78 is 41.4. The molecule has 0 spiro atoms. The number of aliphatic hydroxyl groups excluding tert-OH is 1. The standard InChI is InChI=1S/C56H62ClFN12O6S.CH4O/c1-28(2)49(55(72)68-17-7-8-42(68)54(71)62-20-32-9-15-35(16-10-32)52-31(5)63-27-77-52)69(60)23-39(59)34-13-11-33(12-14-34)25-74-51-45(44-30(4)38(58)19-40-37(44)22-64-67-40)47(57)50-46-48(51)65-56(76-29(3)24-73-6)66-53(46)70-36-18-41(61-21-36)43(70)26-75-50;1-2/h9-16,19,22-23,27-29,36,41-43,49,61H,7-8,17-18,20-21,24-26,59-60H2,1-6H3,(H,62,71)(H,64,67);2H,1H3/b39-23-;. The number of benzene rings is 4. The number of nitrogens with zero attached hydrogens (tertiary/aromatic N) is 7. The van der Waals surface area contributed by atoms with Gasteiger partial charge < -0.3 is 55.2 Å². The molecule has 0 saturated carbocycles. The molecule has 6 atom stereocenters. The molecular weight excluding hydrogens is 1050 g/mol. The van der Waals surface area contributed by atoms with E-state index in [9.17, 15) is 9.59 Å². The van der Waals surface area contributed by atoms with Crippen molar-refractivity contribution in [3.63, 3.8) is 0 Å². The number of carbonyl (C=O) groups is 2. The number of nitrogens with one attached hydrogen (secondary N) is 3. The van der Waals surface area contributed by atoms with Crippen molar-refractivity contribution in [3.8, 4) is 39.1 Å². The fourth-order valence-electron chi connectivity index (χ4n) is 11.5. The molecule has 79 heavy (non-hydrogen) atoms. The largest absolute Gasteiger partial charge is 0.489 e. The summed E-state index contributed by atoms with van der Waals surface area (Å²) in [5.41, 5.74) is 15.3. The molecule has 2 amide bonds. The van der Waals surface area contributed by atoms with Crippen LogP contribution in [0, 0.1) is 25.6 Å². The lowest BCUT2D eigenvalue weighted by molar-refractivity contribution is -0.143. The number of hydrogen-bond donors (Lipinski definition) is 6. The van der Waals surface area contributed by atoms with Gasteiger partial charge in [0.15, 0.2) is 11.5 Å². The number of halogens is 2. The van der Waals surface area contributed by atoms with Gasteiger partial charge in [-0.2, -0.15) is 15.1 Å². The van der Waals surface area contributed by atoms with Crippen LogP contribution in [0.2, 0.25) is 5.02 Å². The van der Waals surface area contributed by atoms with Crippen molar-refractivity contribution in [3.05, 3.63) is 111 Å². The van der Waals surface area contributed by atoms with Crippen LogP contribution in [-0.2, 0) is 27.5 Å². The number of hydrazine groups is 1. The van der Waals surface area contributed by atoms with Crippen LogP contribution in [0.1, 0.15) is 68.0 Å². The van der Waals surface area contributed by atoms with E-state index in [2.05, 4.69) is 30.7 Å². The van der Waals surface area contributed by atoms with Crippen LogP contribution >= 0.6 is 22.9 Å². The molecule has 4 aliphatic heterocycles. The highest BCUT2D eigenvalue weighted by molar-refractivity contribution is 7.13. The average molecular weight is 1120 g/mol. The van der Waals surface area contributed by atoms with E-state index in [1.54, 1.807) is 42.7 Å². The highest BCUT2D eigenvalue weighted by Crippen LogP contribution is 2.55. The van der Waals surface area contributed by atoms with Gasteiger partial charge in [-0.3, -0.25) is 14.7 Å². The number of aromatic amines is 1. The molecule has 3 saturated heterocycles. The SMILES string of the molecule is CO.COCC(C)Oc1nc2c3c(c(Cl)c(-c4c(C)c(F)cc5[nH]ncc45)c(OCc4ccc(/C(N)=C/N(N)C(C(=O)N5CCCC5C(=O)NCc5ccc(-c6scnc6C)cc5)C(C)C)cc4)c3n1)OCC1C3CC(CN3)N21. The Kier molecular flexibility index (Phi) is 16.3. The van der Waals surface area contributed by atoms with Crippen molar-refractivity contribution in [1.82, 2.24) is 45.7 Å². The van der Waals surface area contributed by atoms with Crippen LogP contribution in [-0.4, -0.2) is 129 Å². The van der Waals surface area contributed by atoms with Crippen molar-refractivity contribution in [2.75, 3.05) is 45.4 Å². The summed E-state index contributed by atoms with van der Waals surface area (Å²) in [5.74, 6) is 6.84. The van der Waals surface area contributed by atoms with Gasteiger partial charge in [-0.25, -0.2) is 15.2 Å². The molecule has 3 aromatic heterocycles. The van der Waals surface area contributed by atoms with Gasteiger partial charge in [-0.15, -0.1) is 11.3 Å². The monoisotopic (exact) mass is 1120 g/mol. The van der Waals surface area contributed by atoms with Gasteiger partial charge in [0.05, 0.1) is 56.5 Å². The lowest BCUT2D eigenvalue weighted by atomic mass is 9.93. The fourth-order valence-corrected chi connectivity index (χ4v) is 12.6. The van der Waals surface area contributed by atoms with Gasteiger partial charge in [0.25, 0.3) is 0 Å². The van der Waals surface area contributed by atoms with Crippen molar-refractivity contribution < 1.29 is 38.0 Å². The number of aromatic nitrogens is 5.